The molecule has 2 aromatic carbocycles. The molecule has 0 aliphatic carbocycles. The quantitative estimate of drug-likeness (QED) is 0.403. The number of ether oxygens (including phenoxy) is 3. The van der Waals surface area contributed by atoms with Gasteiger partial charge in [0.1, 0.15) is 18.1 Å². The second-order valence-electron chi connectivity index (χ2n) is 5.41. The van der Waals surface area contributed by atoms with E-state index in [0.717, 1.165) is 10.0 Å². The van der Waals surface area contributed by atoms with Crippen LogP contribution in [0.15, 0.2) is 65.4 Å². The highest BCUT2D eigenvalue weighted by molar-refractivity contribution is 9.10. The fourth-order valence-corrected chi connectivity index (χ4v) is 2.57. The van der Waals surface area contributed by atoms with Gasteiger partial charge >= 0.3 is 5.97 Å². The van der Waals surface area contributed by atoms with Gasteiger partial charge in [-0.05, 0) is 35.9 Å². The summed E-state index contributed by atoms with van der Waals surface area (Å²) in [6, 6.07) is 12.3. The predicted octanol–water partition coefficient (Wildman–Crippen LogP) is 4.17. The zero-order valence-corrected chi connectivity index (χ0v) is 15.3. The van der Waals surface area contributed by atoms with Crippen LogP contribution in [-0.2, 0) is 9.53 Å². The first-order valence-corrected chi connectivity index (χ1v) is 8.59. The second-order valence-corrected chi connectivity index (χ2v) is 6.33. The van der Waals surface area contributed by atoms with Crippen molar-refractivity contribution in [1.82, 2.24) is 0 Å². The minimum Gasteiger partial charge on any atom is -0.482 e. The number of hydrogen-bond acceptors (Lipinski definition) is 5. The molecule has 26 heavy (non-hydrogen) atoms. The normalized spacial score (nSPS) is 13.9. The van der Waals surface area contributed by atoms with Gasteiger partial charge < -0.3 is 14.2 Å². The van der Waals surface area contributed by atoms with Gasteiger partial charge in [-0.2, -0.15) is 0 Å². The number of hydrogen-bond donors (Lipinski definition) is 0. The van der Waals surface area contributed by atoms with Crippen molar-refractivity contribution < 1.29 is 23.8 Å². The van der Waals surface area contributed by atoms with Gasteiger partial charge in [0.25, 0.3) is 0 Å². The van der Waals surface area contributed by atoms with Crippen molar-refractivity contribution in [2.24, 2.45) is 0 Å². The van der Waals surface area contributed by atoms with E-state index in [1.807, 2.05) is 24.3 Å². The van der Waals surface area contributed by atoms with Crippen LogP contribution in [0.5, 0.6) is 11.5 Å². The van der Waals surface area contributed by atoms with E-state index in [4.69, 9.17) is 14.2 Å². The molecule has 0 amide bonds. The Labute approximate surface area is 159 Å². The maximum absolute atomic E-state index is 12.4. The Morgan fingerprint density at radius 2 is 1.96 bits per heavy atom. The van der Waals surface area contributed by atoms with E-state index < -0.39 is 5.97 Å². The number of carbonyl (C=O) groups is 2. The number of esters is 1. The molecule has 1 aliphatic rings. The first-order chi connectivity index (χ1) is 12.6. The van der Waals surface area contributed by atoms with Gasteiger partial charge in [0.15, 0.2) is 12.4 Å². The molecule has 2 aromatic rings. The molecule has 0 saturated carbocycles. The summed E-state index contributed by atoms with van der Waals surface area (Å²) < 4.78 is 16.8. The van der Waals surface area contributed by atoms with Crippen molar-refractivity contribution in [2.45, 2.75) is 0 Å². The molecule has 0 bridgehead atoms. The number of carbonyl (C=O) groups excluding carboxylic acids is 2. The molecular formula is C20H15BrO5. The van der Waals surface area contributed by atoms with Crippen LogP contribution in [0.1, 0.15) is 15.9 Å². The van der Waals surface area contributed by atoms with E-state index >= 15 is 0 Å². The third-order valence-corrected chi connectivity index (χ3v) is 4.06. The first-order valence-electron chi connectivity index (χ1n) is 7.80. The third-order valence-electron chi connectivity index (χ3n) is 3.53. The summed E-state index contributed by atoms with van der Waals surface area (Å²) in [5.74, 6) is 0.357. The molecule has 1 heterocycles. The lowest BCUT2D eigenvalue weighted by molar-refractivity contribution is -0.144. The minimum atomic E-state index is -0.502. The third kappa shape index (κ3) is 4.21. The van der Waals surface area contributed by atoms with E-state index in [1.54, 1.807) is 24.3 Å². The largest absolute Gasteiger partial charge is 0.482 e. The van der Waals surface area contributed by atoms with Crippen LogP contribution in [0.4, 0.5) is 0 Å². The Morgan fingerprint density at radius 1 is 1.19 bits per heavy atom. The molecule has 0 spiro atoms. The molecule has 6 heteroatoms. The van der Waals surface area contributed by atoms with Crippen LogP contribution in [0.2, 0.25) is 0 Å². The van der Waals surface area contributed by atoms with Gasteiger partial charge in [-0.15, -0.1) is 0 Å². The zero-order chi connectivity index (χ0) is 18.5. The monoisotopic (exact) mass is 414 g/mol. The van der Waals surface area contributed by atoms with Crippen LogP contribution in [0, 0.1) is 0 Å². The first kappa shape index (κ1) is 17.9. The fourth-order valence-electron chi connectivity index (χ4n) is 2.30. The number of halogens is 1. The molecule has 3 rings (SSSR count). The van der Waals surface area contributed by atoms with Gasteiger partial charge in [0.05, 0.1) is 5.56 Å². The number of ketones is 1. The second kappa shape index (κ2) is 8.01. The lowest BCUT2D eigenvalue weighted by Crippen LogP contribution is -2.14. The average molecular weight is 415 g/mol. The zero-order valence-electron chi connectivity index (χ0n) is 13.7. The summed E-state index contributed by atoms with van der Waals surface area (Å²) in [5.41, 5.74) is 1.31. The van der Waals surface area contributed by atoms with Crippen LogP contribution in [0.3, 0.4) is 0 Å². The number of allylic oxidation sites excluding steroid dienone is 1. The molecule has 0 unspecified atom stereocenters. The van der Waals surface area contributed by atoms with Crippen molar-refractivity contribution in [1.29, 1.82) is 0 Å². The van der Waals surface area contributed by atoms with Crippen molar-refractivity contribution in [2.75, 3.05) is 13.2 Å². The van der Waals surface area contributed by atoms with Crippen LogP contribution in [-0.4, -0.2) is 25.0 Å². The average Bonchev–Trinajstić information content (AvgIpc) is 2.95. The van der Waals surface area contributed by atoms with Crippen molar-refractivity contribution in [3.63, 3.8) is 0 Å². The standard InChI is InChI=1S/C20H15BrO5/c1-2-9-24-19(22)12-25-15-7-8-16-17(11-15)26-18(20(16)23)10-13-3-5-14(21)6-4-13/h2-8,10-11H,1,9,12H2. The van der Waals surface area contributed by atoms with Crippen LogP contribution >= 0.6 is 15.9 Å². The molecule has 132 valence electrons. The molecule has 0 fully saturated rings. The molecule has 0 radical (unpaired) electrons. The Kier molecular flexibility index (Phi) is 5.53. The summed E-state index contributed by atoms with van der Waals surface area (Å²) in [6.45, 7) is 3.36. The van der Waals surface area contributed by atoms with E-state index in [0.29, 0.717) is 17.1 Å². The van der Waals surface area contributed by atoms with Gasteiger partial charge in [-0.3, -0.25) is 4.79 Å². The fraction of sp³-hybridized carbons (Fsp3) is 0.100. The van der Waals surface area contributed by atoms with E-state index in [9.17, 15) is 9.59 Å². The SMILES string of the molecule is C=CCOC(=O)COc1ccc2c(c1)OC(=Cc1ccc(Br)cc1)C2=O. The van der Waals surface area contributed by atoms with E-state index in [1.165, 1.54) is 6.08 Å². The summed E-state index contributed by atoms with van der Waals surface area (Å²) in [5, 5.41) is 0. The number of rotatable bonds is 6. The highest BCUT2D eigenvalue weighted by Gasteiger charge is 2.27. The summed E-state index contributed by atoms with van der Waals surface area (Å²) in [6.07, 6.45) is 3.16. The number of fused-ring (bicyclic) bond motifs is 1. The van der Waals surface area contributed by atoms with Crippen molar-refractivity contribution in [3.05, 3.63) is 76.5 Å². The number of Topliss-reactive ketones (excluding diaryl/α,β-unsaturated/α-hetero) is 1. The topological polar surface area (TPSA) is 61.8 Å². The Balaban J connectivity index is 1.70. The highest BCUT2D eigenvalue weighted by atomic mass is 79.9. The van der Waals surface area contributed by atoms with E-state index in [-0.39, 0.29) is 24.8 Å². The Hall–Kier alpha value is -2.86. The van der Waals surface area contributed by atoms with Crippen molar-refractivity contribution >= 4 is 33.8 Å². The molecule has 1 aliphatic heterocycles. The van der Waals surface area contributed by atoms with Gasteiger partial charge in [-0.25, -0.2) is 4.79 Å². The summed E-state index contributed by atoms with van der Waals surface area (Å²) >= 11 is 3.37. The lowest BCUT2D eigenvalue weighted by Gasteiger charge is -2.06. The molecule has 0 atom stereocenters. The lowest BCUT2D eigenvalue weighted by atomic mass is 10.1. The maximum Gasteiger partial charge on any atom is 0.344 e. The van der Waals surface area contributed by atoms with Gasteiger partial charge in [0, 0.05) is 10.5 Å². The minimum absolute atomic E-state index is 0.133. The molecular weight excluding hydrogens is 400 g/mol. The summed E-state index contributed by atoms with van der Waals surface area (Å²) in [4.78, 5) is 23.9. The smallest absolute Gasteiger partial charge is 0.344 e. The van der Waals surface area contributed by atoms with Crippen LogP contribution < -0.4 is 9.47 Å². The Morgan fingerprint density at radius 3 is 2.69 bits per heavy atom. The molecule has 0 N–H and O–H groups in total. The predicted molar refractivity (Wildman–Crippen MR) is 100 cm³/mol. The highest BCUT2D eigenvalue weighted by Crippen LogP contribution is 2.35. The van der Waals surface area contributed by atoms with Crippen LogP contribution in [0.25, 0.3) is 6.08 Å². The molecule has 5 nitrogen and oxygen atoms in total. The van der Waals surface area contributed by atoms with Crippen molar-refractivity contribution in [3.8, 4) is 11.5 Å². The van der Waals surface area contributed by atoms with Gasteiger partial charge in [-0.1, -0.05) is 40.7 Å². The van der Waals surface area contributed by atoms with E-state index in [2.05, 4.69) is 22.5 Å². The molecule has 0 saturated heterocycles. The molecule has 0 aromatic heterocycles. The Bertz CT molecular complexity index is 884. The number of benzene rings is 2. The van der Waals surface area contributed by atoms with Gasteiger partial charge in [0.2, 0.25) is 5.78 Å². The maximum atomic E-state index is 12.4. The summed E-state index contributed by atoms with van der Waals surface area (Å²) in [7, 11) is 0.